The molecule has 0 aliphatic carbocycles. The molecule has 3 aromatic heterocycles. The summed E-state index contributed by atoms with van der Waals surface area (Å²) < 4.78 is 25.5. The molecule has 1 fully saturated rings. The Bertz CT molecular complexity index is 1390. The summed E-state index contributed by atoms with van der Waals surface area (Å²) in [5, 5.41) is 2.85. The van der Waals surface area contributed by atoms with Crippen molar-refractivity contribution in [3.05, 3.63) is 72.7 Å². The molecule has 11 heteroatoms. The van der Waals surface area contributed by atoms with Crippen LogP contribution in [0.15, 0.2) is 61.1 Å². The minimum Gasteiger partial charge on any atom is -0.347 e. The summed E-state index contributed by atoms with van der Waals surface area (Å²) in [6.07, 6.45) is 4.04. The predicted molar refractivity (Wildman–Crippen MR) is 135 cm³/mol. The van der Waals surface area contributed by atoms with E-state index >= 15 is 0 Å². The number of anilines is 2. The number of H-pyrrole nitrogens is 1. The van der Waals surface area contributed by atoms with Gasteiger partial charge in [-0.25, -0.2) is 19.3 Å². The number of halogens is 1. The van der Waals surface area contributed by atoms with E-state index in [9.17, 15) is 9.18 Å². The second-order valence-electron chi connectivity index (χ2n) is 9.20. The average molecular weight is 504 g/mol. The lowest BCUT2D eigenvalue weighted by molar-refractivity contribution is -0.229. The van der Waals surface area contributed by atoms with Crippen molar-refractivity contribution in [3.8, 4) is 22.6 Å². The number of nitrogens with zero attached hydrogens (tertiary/aromatic N) is 5. The number of pyridine rings is 1. The summed E-state index contributed by atoms with van der Waals surface area (Å²) in [5.74, 6) is 0.359. The van der Waals surface area contributed by atoms with Crippen molar-refractivity contribution in [2.75, 3.05) is 37.5 Å². The van der Waals surface area contributed by atoms with E-state index in [0.29, 0.717) is 40.1 Å². The quantitative estimate of drug-likeness (QED) is 0.408. The average Bonchev–Trinajstić information content (AvgIpc) is 3.36. The van der Waals surface area contributed by atoms with E-state index in [1.165, 1.54) is 12.1 Å². The molecule has 1 aliphatic rings. The van der Waals surface area contributed by atoms with Gasteiger partial charge in [0, 0.05) is 32.1 Å². The predicted octanol–water partition coefficient (Wildman–Crippen LogP) is 3.82. The van der Waals surface area contributed by atoms with Gasteiger partial charge in [-0.1, -0.05) is 0 Å². The molecule has 37 heavy (non-hydrogen) atoms. The van der Waals surface area contributed by atoms with Crippen molar-refractivity contribution in [1.82, 2.24) is 24.9 Å². The van der Waals surface area contributed by atoms with Crippen LogP contribution in [-0.2, 0) is 14.3 Å². The van der Waals surface area contributed by atoms with E-state index in [2.05, 4.69) is 25.3 Å². The highest BCUT2D eigenvalue weighted by Crippen LogP contribution is 2.36. The Kier molecular flexibility index (Phi) is 6.64. The summed E-state index contributed by atoms with van der Waals surface area (Å²) in [7, 11) is 3.70. The lowest BCUT2D eigenvalue weighted by Gasteiger charge is -2.35. The highest BCUT2D eigenvalue weighted by atomic mass is 19.1. The van der Waals surface area contributed by atoms with Crippen LogP contribution >= 0.6 is 0 Å². The number of nitrogens with one attached hydrogen (secondary N) is 2. The molecule has 1 saturated heterocycles. The van der Waals surface area contributed by atoms with Crippen molar-refractivity contribution >= 4 is 17.5 Å². The SMILES string of the molecule is CN(C)c1nccc(-c2[nH]c(C3OCC(C)(C(=O)Nc4cccnc4)CO3)nc2-c2ccc(F)cc2)n1. The molecule has 5 rings (SSSR count). The van der Waals surface area contributed by atoms with Crippen LogP contribution in [0.1, 0.15) is 19.0 Å². The minimum atomic E-state index is -0.908. The number of ether oxygens (including phenoxy) is 2. The molecule has 2 N–H and O–H groups in total. The minimum absolute atomic E-state index is 0.115. The van der Waals surface area contributed by atoms with Crippen molar-refractivity contribution in [2.45, 2.75) is 13.2 Å². The van der Waals surface area contributed by atoms with Crippen molar-refractivity contribution in [2.24, 2.45) is 5.41 Å². The fourth-order valence-corrected chi connectivity index (χ4v) is 3.82. The van der Waals surface area contributed by atoms with Gasteiger partial charge in [-0.3, -0.25) is 9.78 Å². The Morgan fingerprint density at radius 2 is 1.86 bits per heavy atom. The number of carbonyl (C=O) groups is 1. The van der Waals surface area contributed by atoms with E-state index in [1.54, 1.807) is 60.7 Å². The summed E-state index contributed by atoms with van der Waals surface area (Å²) in [4.78, 5) is 35.6. The molecule has 0 spiro atoms. The zero-order valence-electron chi connectivity index (χ0n) is 20.6. The Labute approximate surface area is 212 Å². The number of aromatic nitrogens is 5. The maximum atomic E-state index is 13.6. The Morgan fingerprint density at radius 3 is 2.54 bits per heavy atom. The van der Waals surface area contributed by atoms with Gasteiger partial charge < -0.3 is 24.7 Å². The summed E-state index contributed by atoms with van der Waals surface area (Å²) >= 11 is 0. The lowest BCUT2D eigenvalue weighted by Crippen LogP contribution is -2.45. The lowest BCUT2D eigenvalue weighted by atomic mass is 9.91. The molecular formula is C26H26FN7O3. The van der Waals surface area contributed by atoms with Gasteiger partial charge in [0.2, 0.25) is 18.1 Å². The van der Waals surface area contributed by atoms with Gasteiger partial charge in [-0.05, 0) is 49.4 Å². The molecule has 0 unspecified atom stereocenters. The topological polar surface area (TPSA) is 118 Å². The van der Waals surface area contributed by atoms with Crippen LogP contribution in [0.3, 0.4) is 0 Å². The largest absolute Gasteiger partial charge is 0.347 e. The van der Waals surface area contributed by atoms with Gasteiger partial charge in [0.1, 0.15) is 5.82 Å². The van der Waals surface area contributed by atoms with Gasteiger partial charge in [0.15, 0.2) is 5.82 Å². The first-order valence-electron chi connectivity index (χ1n) is 11.6. The second kappa shape index (κ2) is 10.0. The standard InChI is InChI=1S/C26H26FN7O3/c1-26(24(35)30-18-5-4-11-28-13-18)14-36-23(37-15-26)22-32-20(16-6-8-17(27)9-7-16)21(33-22)19-10-12-29-25(31-19)34(2)3/h4-13,23H,14-15H2,1-3H3,(H,30,35)(H,32,33). The Balaban J connectivity index is 1.41. The number of hydrogen-bond donors (Lipinski definition) is 2. The van der Waals surface area contributed by atoms with Gasteiger partial charge in [0.05, 0.1) is 47.6 Å². The molecular weight excluding hydrogens is 477 g/mol. The van der Waals surface area contributed by atoms with E-state index in [1.807, 2.05) is 14.1 Å². The Hall–Kier alpha value is -4.22. The number of carbonyl (C=O) groups excluding carboxylic acids is 1. The third-order valence-corrected chi connectivity index (χ3v) is 5.94. The van der Waals surface area contributed by atoms with Crippen LogP contribution in [0.5, 0.6) is 0 Å². The molecule has 0 atom stereocenters. The molecule has 1 aromatic carbocycles. The third-order valence-electron chi connectivity index (χ3n) is 5.94. The summed E-state index contributed by atoms with van der Waals surface area (Å²) in [5.41, 5.74) is 2.16. The normalized spacial score (nSPS) is 19.4. The smallest absolute Gasteiger partial charge is 0.235 e. The van der Waals surface area contributed by atoms with Crippen LogP contribution in [0, 0.1) is 11.2 Å². The fourth-order valence-electron chi connectivity index (χ4n) is 3.82. The maximum Gasteiger partial charge on any atom is 0.235 e. The van der Waals surface area contributed by atoms with Crippen LogP contribution in [0.4, 0.5) is 16.0 Å². The van der Waals surface area contributed by atoms with Crippen molar-refractivity contribution in [1.29, 1.82) is 0 Å². The number of aromatic amines is 1. The van der Waals surface area contributed by atoms with E-state index in [-0.39, 0.29) is 24.9 Å². The molecule has 1 amide bonds. The fraction of sp³-hybridized carbons (Fsp3) is 0.269. The molecule has 0 radical (unpaired) electrons. The van der Waals surface area contributed by atoms with Crippen LogP contribution in [0.25, 0.3) is 22.6 Å². The van der Waals surface area contributed by atoms with Crippen LogP contribution in [0.2, 0.25) is 0 Å². The van der Waals surface area contributed by atoms with Crippen LogP contribution in [-0.4, -0.2) is 58.1 Å². The van der Waals surface area contributed by atoms with Crippen molar-refractivity contribution < 1.29 is 18.7 Å². The van der Waals surface area contributed by atoms with Gasteiger partial charge in [0.25, 0.3) is 0 Å². The molecule has 10 nitrogen and oxygen atoms in total. The number of rotatable bonds is 6. The number of hydrogen-bond acceptors (Lipinski definition) is 8. The second-order valence-corrected chi connectivity index (χ2v) is 9.20. The van der Waals surface area contributed by atoms with E-state index < -0.39 is 11.7 Å². The molecule has 4 aromatic rings. The highest BCUT2D eigenvalue weighted by molar-refractivity contribution is 5.95. The number of amides is 1. The zero-order valence-corrected chi connectivity index (χ0v) is 20.6. The maximum absolute atomic E-state index is 13.6. The molecule has 0 saturated carbocycles. The first kappa shape index (κ1) is 24.5. The van der Waals surface area contributed by atoms with Gasteiger partial charge >= 0.3 is 0 Å². The molecule has 0 bridgehead atoms. The molecule has 190 valence electrons. The first-order chi connectivity index (χ1) is 17.8. The van der Waals surface area contributed by atoms with E-state index in [0.717, 1.165) is 0 Å². The third kappa shape index (κ3) is 5.18. The summed E-state index contributed by atoms with van der Waals surface area (Å²) in [6.45, 7) is 2.00. The van der Waals surface area contributed by atoms with Gasteiger partial charge in [-0.15, -0.1) is 0 Å². The Morgan fingerprint density at radius 1 is 1.11 bits per heavy atom. The molecule has 1 aliphatic heterocycles. The van der Waals surface area contributed by atoms with E-state index in [4.69, 9.17) is 14.5 Å². The first-order valence-corrected chi connectivity index (χ1v) is 11.6. The number of imidazole rings is 1. The highest BCUT2D eigenvalue weighted by Gasteiger charge is 2.41. The van der Waals surface area contributed by atoms with Gasteiger partial charge in [-0.2, -0.15) is 0 Å². The summed E-state index contributed by atoms with van der Waals surface area (Å²) in [6, 6.07) is 11.3. The monoisotopic (exact) mass is 503 g/mol. The molecule has 4 heterocycles. The zero-order chi connectivity index (χ0) is 26.0. The van der Waals surface area contributed by atoms with Crippen LogP contribution < -0.4 is 10.2 Å². The van der Waals surface area contributed by atoms with Crippen molar-refractivity contribution in [3.63, 3.8) is 0 Å². The number of benzene rings is 1.